The molecule has 14 heavy (non-hydrogen) atoms. The van der Waals surface area contributed by atoms with Crippen molar-refractivity contribution in [3.8, 4) is 0 Å². The van der Waals surface area contributed by atoms with Crippen LogP contribution in [0.5, 0.6) is 0 Å². The first kappa shape index (κ1) is 9.97. The lowest BCUT2D eigenvalue weighted by Crippen LogP contribution is -2.25. The van der Waals surface area contributed by atoms with Gasteiger partial charge in [-0.05, 0) is 44.2 Å². The molecular formula is C11H19NO2. The fourth-order valence-electron chi connectivity index (χ4n) is 3.09. The van der Waals surface area contributed by atoms with Crippen molar-refractivity contribution in [1.82, 2.24) is 4.90 Å². The Morgan fingerprint density at radius 3 is 2.86 bits per heavy atom. The van der Waals surface area contributed by atoms with Crippen LogP contribution in [0.4, 0.5) is 0 Å². The number of carboxylic acid groups (broad SMARTS) is 1. The first-order valence-electron chi connectivity index (χ1n) is 5.60. The molecule has 2 fully saturated rings. The molecule has 1 saturated carbocycles. The van der Waals surface area contributed by atoms with Crippen molar-refractivity contribution in [3.05, 3.63) is 0 Å². The van der Waals surface area contributed by atoms with Gasteiger partial charge in [-0.25, -0.2) is 0 Å². The van der Waals surface area contributed by atoms with E-state index in [0.29, 0.717) is 5.41 Å². The highest BCUT2D eigenvalue weighted by Crippen LogP contribution is 2.47. The zero-order valence-electron chi connectivity index (χ0n) is 8.83. The fraction of sp³-hybridized carbons (Fsp3) is 0.909. The van der Waals surface area contributed by atoms with Crippen LogP contribution in [0.1, 0.15) is 32.6 Å². The Balaban J connectivity index is 1.97. The first-order valence-corrected chi connectivity index (χ1v) is 5.60. The molecule has 80 valence electrons. The summed E-state index contributed by atoms with van der Waals surface area (Å²) in [6.45, 7) is 5.60. The molecule has 0 aromatic rings. The largest absolute Gasteiger partial charge is 0.481 e. The predicted octanol–water partition coefficient (Wildman–Crippen LogP) is 1.58. The van der Waals surface area contributed by atoms with Crippen molar-refractivity contribution in [2.75, 3.05) is 19.6 Å². The first-order chi connectivity index (χ1) is 6.65. The second-order valence-corrected chi connectivity index (χ2v) is 4.90. The summed E-state index contributed by atoms with van der Waals surface area (Å²) in [7, 11) is 0. The molecule has 3 heteroatoms. The number of nitrogens with zero attached hydrogens (tertiary/aromatic N) is 1. The second kappa shape index (κ2) is 3.54. The van der Waals surface area contributed by atoms with Crippen molar-refractivity contribution in [2.24, 2.45) is 11.3 Å². The number of rotatable bonds is 2. The van der Waals surface area contributed by atoms with E-state index in [1.807, 2.05) is 0 Å². The third-order valence-corrected chi connectivity index (χ3v) is 4.02. The summed E-state index contributed by atoms with van der Waals surface area (Å²) in [5.74, 6) is -0.649. The number of hydrogen-bond donors (Lipinski definition) is 1. The summed E-state index contributed by atoms with van der Waals surface area (Å²) >= 11 is 0. The van der Waals surface area contributed by atoms with Gasteiger partial charge in [-0.1, -0.05) is 6.92 Å². The molecule has 2 aliphatic rings. The minimum absolute atomic E-state index is 0.0631. The number of carbonyl (C=O) groups is 1. The van der Waals surface area contributed by atoms with Gasteiger partial charge in [0.1, 0.15) is 0 Å². The molecule has 1 spiro atoms. The van der Waals surface area contributed by atoms with Gasteiger partial charge in [0.2, 0.25) is 0 Å². The summed E-state index contributed by atoms with van der Waals surface area (Å²) in [6, 6.07) is 0. The van der Waals surface area contributed by atoms with Gasteiger partial charge in [-0.2, -0.15) is 0 Å². The van der Waals surface area contributed by atoms with E-state index in [-0.39, 0.29) is 5.92 Å². The molecule has 1 aliphatic carbocycles. The molecule has 1 aliphatic heterocycles. The summed E-state index contributed by atoms with van der Waals surface area (Å²) in [5, 5.41) is 8.97. The van der Waals surface area contributed by atoms with E-state index in [1.54, 1.807) is 0 Å². The zero-order chi connectivity index (χ0) is 10.2. The Hall–Kier alpha value is -0.570. The van der Waals surface area contributed by atoms with Crippen LogP contribution in [0.3, 0.4) is 0 Å². The van der Waals surface area contributed by atoms with Gasteiger partial charge in [0.05, 0.1) is 5.92 Å². The van der Waals surface area contributed by atoms with E-state index >= 15 is 0 Å². The van der Waals surface area contributed by atoms with Crippen LogP contribution in [0, 0.1) is 11.3 Å². The number of likely N-dealkylation sites (tertiary alicyclic amines) is 1. The Kier molecular flexibility index (Phi) is 2.52. The van der Waals surface area contributed by atoms with Gasteiger partial charge in [-0.15, -0.1) is 0 Å². The van der Waals surface area contributed by atoms with Crippen LogP contribution < -0.4 is 0 Å². The minimum atomic E-state index is -0.586. The molecule has 1 N–H and O–H groups in total. The van der Waals surface area contributed by atoms with Gasteiger partial charge in [0.15, 0.2) is 0 Å². The van der Waals surface area contributed by atoms with E-state index in [9.17, 15) is 4.79 Å². The van der Waals surface area contributed by atoms with Crippen molar-refractivity contribution in [3.63, 3.8) is 0 Å². The second-order valence-electron chi connectivity index (χ2n) is 4.90. The van der Waals surface area contributed by atoms with Gasteiger partial charge in [0, 0.05) is 6.54 Å². The maximum Gasteiger partial charge on any atom is 0.306 e. The van der Waals surface area contributed by atoms with Crippen molar-refractivity contribution in [2.45, 2.75) is 32.6 Å². The molecule has 2 atom stereocenters. The third-order valence-electron chi connectivity index (χ3n) is 4.02. The normalized spacial score (nSPS) is 38.2. The van der Waals surface area contributed by atoms with Crippen LogP contribution in [0.2, 0.25) is 0 Å². The topological polar surface area (TPSA) is 40.5 Å². The van der Waals surface area contributed by atoms with Gasteiger partial charge in [0.25, 0.3) is 0 Å². The summed E-state index contributed by atoms with van der Waals surface area (Å²) in [4.78, 5) is 13.3. The van der Waals surface area contributed by atoms with E-state index in [2.05, 4.69) is 11.8 Å². The molecule has 0 aromatic heterocycles. The molecule has 1 heterocycles. The zero-order valence-corrected chi connectivity index (χ0v) is 8.83. The summed E-state index contributed by atoms with van der Waals surface area (Å²) < 4.78 is 0. The van der Waals surface area contributed by atoms with E-state index in [4.69, 9.17) is 5.11 Å². The molecule has 3 nitrogen and oxygen atoms in total. The average molecular weight is 197 g/mol. The molecule has 0 unspecified atom stereocenters. The van der Waals surface area contributed by atoms with E-state index in [0.717, 1.165) is 32.4 Å². The molecule has 0 aromatic carbocycles. The minimum Gasteiger partial charge on any atom is -0.481 e. The van der Waals surface area contributed by atoms with Gasteiger partial charge in [-0.3, -0.25) is 4.79 Å². The van der Waals surface area contributed by atoms with Crippen molar-refractivity contribution in [1.29, 1.82) is 0 Å². The standard InChI is InChI=1S/C11H19NO2/c1-2-12-6-5-11(8-12)4-3-9(7-11)10(13)14/h9H,2-8H2,1H3,(H,13,14)/t9-,11-/m1/s1. The smallest absolute Gasteiger partial charge is 0.306 e. The molecule has 2 rings (SSSR count). The predicted molar refractivity (Wildman–Crippen MR) is 54.1 cm³/mol. The maximum atomic E-state index is 10.9. The highest BCUT2D eigenvalue weighted by Gasteiger charge is 2.45. The monoisotopic (exact) mass is 197 g/mol. The summed E-state index contributed by atoms with van der Waals surface area (Å²) in [6.07, 6.45) is 4.15. The van der Waals surface area contributed by atoms with Gasteiger partial charge < -0.3 is 10.0 Å². The highest BCUT2D eigenvalue weighted by molar-refractivity contribution is 5.70. The fourth-order valence-corrected chi connectivity index (χ4v) is 3.09. The number of hydrogen-bond acceptors (Lipinski definition) is 2. The lowest BCUT2D eigenvalue weighted by Gasteiger charge is -2.23. The maximum absolute atomic E-state index is 10.9. The van der Waals surface area contributed by atoms with Crippen LogP contribution in [-0.2, 0) is 4.79 Å². The third kappa shape index (κ3) is 1.65. The van der Waals surface area contributed by atoms with Gasteiger partial charge >= 0.3 is 5.97 Å². The quantitative estimate of drug-likeness (QED) is 0.730. The Bertz CT molecular complexity index is 241. The highest BCUT2D eigenvalue weighted by atomic mass is 16.4. The lowest BCUT2D eigenvalue weighted by molar-refractivity contribution is -0.141. The molecular weight excluding hydrogens is 178 g/mol. The van der Waals surface area contributed by atoms with E-state index < -0.39 is 5.97 Å². The van der Waals surface area contributed by atoms with Crippen LogP contribution >= 0.6 is 0 Å². The lowest BCUT2D eigenvalue weighted by atomic mass is 9.84. The SMILES string of the molecule is CCN1CC[C@@]2(CC[C@@H](C(=O)O)C2)C1. The Morgan fingerprint density at radius 1 is 1.57 bits per heavy atom. The molecule has 1 saturated heterocycles. The number of aliphatic carboxylic acids is 1. The van der Waals surface area contributed by atoms with Crippen molar-refractivity contribution >= 4 is 5.97 Å². The van der Waals surface area contributed by atoms with Crippen LogP contribution in [-0.4, -0.2) is 35.6 Å². The van der Waals surface area contributed by atoms with Crippen LogP contribution in [0.15, 0.2) is 0 Å². The average Bonchev–Trinajstić information content (AvgIpc) is 2.74. The summed E-state index contributed by atoms with van der Waals surface area (Å²) in [5.41, 5.74) is 0.360. The molecule has 0 amide bonds. The molecule has 0 bridgehead atoms. The number of carboxylic acids is 1. The van der Waals surface area contributed by atoms with Crippen molar-refractivity contribution < 1.29 is 9.90 Å². The molecule has 0 radical (unpaired) electrons. The van der Waals surface area contributed by atoms with Crippen LogP contribution in [0.25, 0.3) is 0 Å². The van der Waals surface area contributed by atoms with E-state index in [1.165, 1.54) is 13.0 Å². The Morgan fingerprint density at radius 2 is 2.36 bits per heavy atom. The Labute approximate surface area is 85.1 Å².